The van der Waals surface area contributed by atoms with E-state index in [4.69, 9.17) is 21.1 Å². The highest BCUT2D eigenvalue weighted by molar-refractivity contribution is 6.30. The van der Waals surface area contributed by atoms with Gasteiger partial charge in [-0.25, -0.2) is 13.6 Å². The molecule has 2 rings (SSSR count). The Labute approximate surface area is 130 Å². The van der Waals surface area contributed by atoms with Gasteiger partial charge in [-0.3, -0.25) is 5.32 Å². The lowest BCUT2D eigenvalue weighted by Crippen LogP contribution is -2.18. The molecule has 0 aliphatic rings. The van der Waals surface area contributed by atoms with E-state index in [1.807, 2.05) is 0 Å². The molecule has 0 saturated carbocycles. The molecule has 0 spiro atoms. The quantitative estimate of drug-likeness (QED) is 0.835. The highest BCUT2D eigenvalue weighted by atomic mass is 35.5. The first-order valence-electron chi connectivity index (χ1n) is 6.32. The summed E-state index contributed by atoms with van der Waals surface area (Å²) >= 11 is 5.73. The van der Waals surface area contributed by atoms with Gasteiger partial charge in [-0.05, 0) is 36.4 Å². The summed E-state index contributed by atoms with van der Waals surface area (Å²) in [6, 6.07) is 9.49. The van der Waals surface area contributed by atoms with E-state index in [-0.39, 0.29) is 18.9 Å². The first-order chi connectivity index (χ1) is 10.5. The molecule has 1 amide bonds. The number of ether oxygens (including phenoxy) is 2. The molecule has 0 aliphatic heterocycles. The first kappa shape index (κ1) is 16.0. The fraction of sp³-hybridized carbons (Fsp3) is 0.133. The van der Waals surface area contributed by atoms with E-state index in [9.17, 15) is 13.6 Å². The van der Waals surface area contributed by atoms with E-state index in [2.05, 4.69) is 5.32 Å². The number of anilines is 1. The molecule has 0 aromatic heterocycles. The maximum absolute atomic E-state index is 13.3. The second kappa shape index (κ2) is 7.61. The molecule has 0 fully saturated rings. The Bertz CT molecular complexity index is 650. The molecule has 4 nitrogen and oxygen atoms in total. The summed E-state index contributed by atoms with van der Waals surface area (Å²) in [5, 5.41) is 2.76. The van der Waals surface area contributed by atoms with E-state index in [0.29, 0.717) is 16.8 Å². The van der Waals surface area contributed by atoms with Crippen molar-refractivity contribution in [3.05, 3.63) is 59.1 Å². The number of carbonyl (C=O) groups excluding carboxylic acids is 1. The zero-order valence-electron chi connectivity index (χ0n) is 11.3. The third kappa shape index (κ3) is 4.89. The summed E-state index contributed by atoms with van der Waals surface area (Å²) in [5.41, 5.74) is -0.162. The zero-order valence-corrected chi connectivity index (χ0v) is 12.1. The zero-order chi connectivity index (χ0) is 15.9. The van der Waals surface area contributed by atoms with E-state index in [0.717, 1.165) is 12.1 Å². The molecule has 0 saturated heterocycles. The maximum Gasteiger partial charge on any atom is 0.411 e. The topological polar surface area (TPSA) is 47.6 Å². The van der Waals surface area contributed by atoms with Crippen molar-refractivity contribution in [2.45, 2.75) is 0 Å². The highest BCUT2D eigenvalue weighted by Crippen LogP contribution is 2.16. The number of carbonyl (C=O) groups is 1. The van der Waals surface area contributed by atoms with Crippen molar-refractivity contribution in [2.24, 2.45) is 0 Å². The molecule has 0 bridgehead atoms. The first-order valence-corrected chi connectivity index (χ1v) is 6.69. The molecule has 2 aromatic rings. The average Bonchev–Trinajstić information content (AvgIpc) is 2.48. The van der Waals surface area contributed by atoms with Crippen LogP contribution in [0.2, 0.25) is 5.02 Å². The van der Waals surface area contributed by atoms with Crippen LogP contribution in [0.3, 0.4) is 0 Å². The van der Waals surface area contributed by atoms with Gasteiger partial charge in [0.25, 0.3) is 0 Å². The van der Waals surface area contributed by atoms with Gasteiger partial charge >= 0.3 is 6.09 Å². The lowest BCUT2D eigenvalue weighted by Gasteiger charge is -2.09. The van der Waals surface area contributed by atoms with Crippen LogP contribution >= 0.6 is 11.6 Å². The summed E-state index contributed by atoms with van der Waals surface area (Å²) in [6.45, 7) is 0.0955. The van der Waals surface area contributed by atoms with Crippen molar-refractivity contribution >= 4 is 23.4 Å². The minimum absolute atomic E-state index is 0.0305. The molecule has 0 heterocycles. The molecule has 0 atom stereocenters. The van der Waals surface area contributed by atoms with Gasteiger partial charge in [0.15, 0.2) is 0 Å². The molecular weight excluding hydrogens is 316 g/mol. The minimum Gasteiger partial charge on any atom is -0.490 e. The Morgan fingerprint density at radius 1 is 1.09 bits per heavy atom. The van der Waals surface area contributed by atoms with E-state index in [1.54, 1.807) is 24.3 Å². The van der Waals surface area contributed by atoms with E-state index in [1.165, 1.54) is 0 Å². The number of rotatable bonds is 5. The minimum atomic E-state index is -0.880. The normalized spacial score (nSPS) is 10.1. The number of halogens is 3. The SMILES string of the molecule is O=C(Nc1ccc(F)cc1F)OCCOc1ccc(Cl)cc1. The van der Waals surface area contributed by atoms with Crippen molar-refractivity contribution in [1.82, 2.24) is 0 Å². The van der Waals surface area contributed by atoms with Crippen LogP contribution < -0.4 is 10.1 Å². The molecule has 116 valence electrons. The van der Waals surface area contributed by atoms with Crippen molar-refractivity contribution < 1.29 is 23.0 Å². The standard InChI is InChI=1S/C15H12ClF2NO3/c16-10-1-4-12(5-2-10)21-7-8-22-15(20)19-14-6-3-11(17)9-13(14)18/h1-6,9H,7-8H2,(H,19,20). The second-order valence-corrected chi connectivity index (χ2v) is 4.62. The molecule has 0 aliphatic carbocycles. The van der Waals surface area contributed by atoms with Crippen LogP contribution in [-0.4, -0.2) is 19.3 Å². The monoisotopic (exact) mass is 327 g/mol. The van der Waals surface area contributed by atoms with Crippen LogP contribution in [0.4, 0.5) is 19.3 Å². The molecule has 22 heavy (non-hydrogen) atoms. The maximum atomic E-state index is 13.3. The molecule has 0 unspecified atom stereocenters. The number of benzene rings is 2. The molecular formula is C15H12ClF2NO3. The largest absolute Gasteiger partial charge is 0.490 e. The van der Waals surface area contributed by atoms with Crippen LogP contribution in [0.1, 0.15) is 0 Å². The van der Waals surface area contributed by atoms with Crippen LogP contribution in [-0.2, 0) is 4.74 Å². The van der Waals surface area contributed by atoms with Gasteiger partial charge in [0.2, 0.25) is 0 Å². The van der Waals surface area contributed by atoms with Crippen molar-refractivity contribution in [3.63, 3.8) is 0 Å². The Hall–Kier alpha value is -2.34. The van der Waals surface area contributed by atoms with Crippen LogP contribution in [0.15, 0.2) is 42.5 Å². The highest BCUT2D eigenvalue weighted by Gasteiger charge is 2.08. The summed E-state index contributed by atoms with van der Waals surface area (Å²) in [4.78, 5) is 11.4. The summed E-state index contributed by atoms with van der Waals surface area (Å²) < 4.78 is 36.1. The van der Waals surface area contributed by atoms with Gasteiger partial charge < -0.3 is 9.47 Å². The predicted octanol–water partition coefficient (Wildman–Crippen LogP) is 4.25. The van der Waals surface area contributed by atoms with Crippen LogP contribution in [0, 0.1) is 11.6 Å². The molecule has 0 radical (unpaired) electrons. The third-order valence-corrected chi connectivity index (χ3v) is 2.82. The lowest BCUT2D eigenvalue weighted by molar-refractivity contribution is 0.137. The van der Waals surface area contributed by atoms with Crippen molar-refractivity contribution in [2.75, 3.05) is 18.5 Å². The smallest absolute Gasteiger partial charge is 0.411 e. The second-order valence-electron chi connectivity index (χ2n) is 4.19. The van der Waals surface area contributed by atoms with E-state index >= 15 is 0 Å². The van der Waals surface area contributed by atoms with Crippen molar-refractivity contribution in [1.29, 1.82) is 0 Å². The van der Waals surface area contributed by atoms with Gasteiger partial charge in [0, 0.05) is 11.1 Å². The fourth-order valence-electron chi connectivity index (χ4n) is 1.56. The molecule has 7 heteroatoms. The summed E-state index contributed by atoms with van der Waals surface area (Å²) in [7, 11) is 0. The number of nitrogens with one attached hydrogen (secondary N) is 1. The Morgan fingerprint density at radius 2 is 1.82 bits per heavy atom. The third-order valence-electron chi connectivity index (χ3n) is 2.57. The summed E-state index contributed by atoms with van der Waals surface area (Å²) in [5.74, 6) is -1.03. The molecule has 2 aromatic carbocycles. The predicted molar refractivity (Wildman–Crippen MR) is 78.3 cm³/mol. The molecule has 1 N–H and O–H groups in total. The Kier molecular flexibility index (Phi) is 5.55. The number of hydrogen-bond donors (Lipinski definition) is 1. The van der Waals surface area contributed by atoms with Gasteiger partial charge in [-0.2, -0.15) is 0 Å². The van der Waals surface area contributed by atoms with Gasteiger partial charge in [-0.1, -0.05) is 11.6 Å². The van der Waals surface area contributed by atoms with Gasteiger partial charge in [0.1, 0.15) is 30.6 Å². The van der Waals surface area contributed by atoms with Crippen LogP contribution in [0.5, 0.6) is 5.75 Å². The van der Waals surface area contributed by atoms with Crippen molar-refractivity contribution in [3.8, 4) is 5.75 Å². The van der Waals surface area contributed by atoms with Gasteiger partial charge in [-0.15, -0.1) is 0 Å². The van der Waals surface area contributed by atoms with Crippen LogP contribution in [0.25, 0.3) is 0 Å². The Morgan fingerprint density at radius 3 is 2.50 bits per heavy atom. The number of hydrogen-bond acceptors (Lipinski definition) is 3. The average molecular weight is 328 g/mol. The number of amides is 1. The Balaban J connectivity index is 1.72. The fourth-order valence-corrected chi connectivity index (χ4v) is 1.69. The van der Waals surface area contributed by atoms with E-state index < -0.39 is 17.7 Å². The lowest BCUT2D eigenvalue weighted by atomic mass is 10.3. The van der Waals surface area contributed by atoms with Gasteiger partial charge in [0.05, 0.1) is 5.69 Å². The summed E-state index contributed by atoms with van der Waals surface area (Å²) in [6.07, 6.45) is -0.856.